The maximum absolute atomic E-state index is 12.4. The molecule has 2 rings (SSSR count). The lowest BCUT2D eigenvalue weighted by Crippen LogP contribution is -2.05. The lowest BCUT2D eigenvalue weighted by Gasteiger charge is -2.06. The smallest absolute Gasteiger partial charge is 0.416 e. The number of carbonyl (C=O) groups excluding carboxylic acids is 1. The van der Waals surface area contributed by atoms with Gasteiger partial charge < -0.3 is 4.74 Å². The molecule has 1 aromatic carbocycles. The van der Waals surface area contributed by atoms with Crippen LogP contribution in [0.25, 0.3) is 10.6 Å². The van der Waals surface area contributed by atoms with E-state index in [0.29, 0.717) is 10.6 Å². The van der Waals surface area contributed by atoms with Crippen molar-refractivity contribution >= 4 is 17.3 Å². The van der Waals surface area contributed by atoms with Crippen molar-refractivity contribution in [1.82, 2.24) is 4.98 Å². The van der Waals surface area contributed by atoms with E-state index in [1.807, 2.05) is 0 Å². The number of alkyl halides is 3. The first-order chi connectivity index (χ1) is 9.41. The number of thiazole rings is 1. The Bertz CT molecular complexity index is 605. The minimum absolute atomic E-state index is 0.159. The van der Waals surface area contributed by atoms with Crippen molar-refractivity contribution in [2.24, 2.45) is 0 Å². The molecular formula is C13H10F3NO2S. The predicted octanol–water partition coefficient (Wildman–Crippen LogP) is 4.01. The van der Waals surface area contributed by atoms with Crippen molar-refractivity contribution < 1.29 is 22.7 Å². The van der Waals surface area contributed by atoms with Crippen molar-refractivity contribution in [3.8, 4) is 10.6 Å². The van der Waals surface area contributed by atoms with Crippen LogP contribution in [0.15, 0.2) is 29.6 Å². The summed E-state index contributed by atoms with van der Waals surface area (Å²) < 4.78 is 42.1. The van der Waals surface area contributed by atoms with Gasteiger partial charge in [0.05, 0.1) is 12.2 Å². The number of hydrogen-bond donors (Lipinski definition) is 0. The van der Waals surface area contributed by atoms with E-state index in [9.17, 15) is 18.0 Å². The Morgan fingerprint density at radius 2 is 1.95 bits per heavy atom. The Kier molecular flexibility index (Phi) is 4.08. The van der Waals surface area contributed by atoms with Crippen molar-refractivity contribution in [3.63, 3.8) is 0 Å². The summed E-state index contributed by atoms with van der Waals surface area (Å²) in [6, 6.07) is 4.63. The van der Waals surface area contributed by atoms with Crippen molar-refractivity contribution in [3.05, 3.63) is 40.9 Å². The molecule has 0 saturated heterocycles. The number of carbonyl (C=O) groups is 1. The van der Waals surface area contributed by atoms with Crippen LogP contribution in [0, 0.1) is 0 Å². The van der Waals surface area contributed by atoms with Crippen LogP contribution in [0.4, 0.5) is 13.2 Å². The number of aromatic nitrogens is 1. The van der Waals surface area contributed by atoms with Crippen molar-refractivity contribution in [2.75, 3.05) is 6.61 Å². The first-order valence-electron chi connectivity index (χ1n) is 5.72. The summed E-state index contributed by atoms with van der Waals surface area (Å²) in [5, 5.41) is 1.99. The van der Waals surface area contributed by atoms with Crippen LogP contribution in [-0.4, -0.2) is 17.6 Å². The van der Waals surface area contributed by atoms with E-state index in [0.717, 1.165) is 12.1 Å². The average molecular weight is 301 g/mol. The van der Waals surface area contributed by atoms with Crippen LogP contribution in [0.3, 0.4) is 0 Å². The fourth-order valence-electron chi connectivity index (χ4n) is 1.51. The second kappa shape index (κ2) is 5.62. The van der Waals surface area contributed by atoms with E-state index < -0.39 is 17.7 Å². The number of esters is 1. The van der Waals surface area contributed by atoms with E-state index in [2.05, 4.69) is 4.98 Å². The lowest BCUT2D eigenvalue weighted by molar-refractivity contribution is -0.137. The third kappa shape index (κ3) is 3.16. The molecule has 1 aromatic heterocycles. The number of hydrogen-bond acceptors (Lipinski definition) is 4. The third-order valence-electron chi connectivity index (χ3n) is 2.45. The fourth-order valence-corrected chi connectivity index (χ4v) is 2.30. The van der Waals surface area contributed by atoms with Gasteiger partial charge in [0.2, 0.25) is 0 Å². The summed E-state index contributed by atoms with van der Waals surface area (Å²) in [4.78, 5) is 15.5. The van der Waals surface area contributed by atoms with E-state index in [1.165, 1.54) is 28.8 Å². The molecule has 2 aromatic rings. The highest BCUT2D eigenvalue weighted by atomic mass is 32.1. The van der Waals surface area contributed by atoms with Gasteiger partial charge in [-0.3, -0.25) is 0 Å². The number of nitrogens with zero attached hydrogens (tertiary/aromatic N) is 1. The van der Waals surface area contributed by atoms with Crippen molar-refractivity contribution in [2.45, 2.75) is 13.1 Å². The van der Waals surface area contributed by atoms with Crippen LogP contribution >= 0.6 is 11.3 Å². The molecule has 0 unspecified atom stereocenters. The lowest BCUT2D eigenvalue weighted by atomic mass is 10.1. The largest absolute Gasteiger partial charge is 0.461 e. The van der Waals surface area contributed by atoms with Gasteiger partial charge in [0, 0.05) is 10.9 Å². The Morgan fingerprint density at radius 3 is 2.50 bits per heavy atom. The van der Waals surface area contributed by atoms with E-state index in [-0.39, 0.29) is 12.3 Å². The highest BCUT2D eigenvalue weighted by molar-refractivity contribution is 7.13. The van der Waals surface area contributed by atoms with Gasteiger partial charge in [0.25, 0.3) is 0 Å². The molecule has 3 nitrogen and oxygen atoms in total. The zero-order valence-electron chi connectivity index (χ0n) is 10.4. The van der Waals surface area contributed by atoms with E-state index in [4.69, 9.17) is 4.74 Å². The Hall–Kier alpha value is -1.89. The summed E-state index contributed by atoms with van der Waals surface area (Å²) in [5.74, 6) is -0.540. The second-order valence-electron chi connectivity index (χ2n) is 3.83. The molecule has 7 heteroatoms. The van der Waals surface area contributed by atoms with Crippen LogP contribution in [-0.2, 0) is 10.9 Å². The first-order valence-corrected chi connectivity index (χ1v) is 6.60. The van der Waals surface area contributed by atoms with Gasteiger partial charge in [-0.05, 0) is 19.1 Å². The summed E-state index contributed by atoms with van der Waals surface area (Å²) in [6.07, 6.45) is -4.36. The van der Waals surface area contributed by atoms with Gasteiger partial charge in [-0.15, -0.1) is 11.3 Å². The molecule has 20 heavy (non-hydrogen) atoms. The first kappa shape index (κ1) is 14.5. The molecule has 0 aliphatic rings. The van der Waals surface area contributed by atoms with Crippen molar-refractivity contribution in [1.29, 1.82) is 0 Å². The van der Waals surface area contributed by atoms with E-state index >= 15 is 0 Å². The van der Waals surface area contributed by atoms with Gasteiger partial charge in [0.1, 0.15) is 5.01 Å². The summed E-state index contributed by atoms with van der Waals surface area (Å²) in [7, 11) is 0. The zero-order chi connectivity index (χ0) is 14.8. The van der Waals surface area contributed by atoms with Gasteiger partial charge in [-0.1, -0.05) is 12.1 Å². The number of halogens is 3. The average Bonchev–Trinajstić information content (AvgIpc) is 2.88. The molecule has 0 aliphatic heterocycles. The monoisotopic (exact) mass is 301 g/mol. The van der Waals surface area contributed by atoms with Crippen LogP contribution in [0.2, 0.25) is 0 Å². The molecule has 0 radical (unpaired) electrons. The number of rotatable bonds is 3. The summed E-state index contributed by atoms with van der Waals surface area (Å²) in [6.45, 7) is 1.92. The quantitative estimate of drug-likeness (QED) is 0.804. The highest BCUT2D eigenvalue weighted by Crippen LogP contribution is 2.31. The molecule has 0 fully saturated rings. The molecule has 1 heterocycles. The maximum atomic E-state index is 12.4. The molecule has 0 bridgehead atoms. The molecule has 0 amide bonds. The summed E-state index contributed by atoms with van der Waals surface area (Å²) in [5.41, 5.74) is -0.0336. The number of benzene rings is 1. The highest BCUT2D eigenvalue weighted by Gasteiger charge is 2.30. The second-order valence-corrected chi connectivity index (χ2v) is 4.69. The predicted molar refractivity (Wildman–Crippen MR) is 68.5 cm³/mol. The SMILES string of the molecule is CCOC(=O)c1csc(-c2ccc(C(F)(F)F)cc2)n1. The minimum atomic E-state index is -4.36. The Morgan fingerprint density at radius 1 is 1.30 bits per heavy atom. The minimum Gasteiger partial charge on any atom is -0.461 e. The molecule has 0 spiro atoms. The normalized spacial score (nSPS) is 11.4. The zero-order valence-corrected chi connectivity index (χ0v) is 11.2. The van der Waals surface area contributed by atoms with Crippen LogP contribution in [0.5, 0.6) is 0 Å². The molecule has 106 valence electrons. The maximum Gasteiger partial charge on any atom is 0.416 e. The van der Waals surface area contributed by atoms with Gasteiger partial charge in [-0.2, -0.15) is 13.2 Å². The van der Waals surface area contributed by atoms with Gasteiger partial charge in [0.15, 0.2) is 5.69 Å². The Balaban J connectivity index is 2.22. The summed E-state index contributed by atoms with van der Waals surface area (Å²) >= 11 is 1.18. The number of ether oxygens (including phenoxy) is 1. The molecule has 0 saturated carbocycles. The molecule has 0 aliphatic carbocycles. The molecule has 0 N–H and O–H groups in total. The Labute approximate surface area is 117 Å². The third-order valence-corrected chi connectivity index (χ3v) is 3.34. The molecule has 0 atom stereocenters. The van der Waals surface area contributed by atoms with Crippen LogP contribution < -0.4 is 0 Å². The fraction of sp³-hybridized carbons (Fsp3) is 0.231. The standard InChI is InChI=1S/C13H10F3NO2S/c1-2-19-12(18)10-7-20-11(17-10)8-3-5-9(6-4-8)13(14,15)16/h3-7H,2H2,1H3. The van der Waals surface area contributed by atoms with Gasteiger partial charge >= 0.3 is 12.1 Å². The van der Waals surface area contributed by atoms with Gasteiger partial charge in [-0.25, -0.2) is 9.78 Å². The van der Waals surface area contributed by atoms with Crippen LogP contribution in [0.1, 0.15) is 23.0 Å². The topological polar surface area (TPSA) is 39.2 Å². The molecular weight excluding hydrogens is 291 g/mol. The van der Waals surface area contributed by atoms with E-state index in [1.54, 1.807) is 6.92 Å².